The van der Waals surface area contributed by atoms with E-state index in [0.717, 1.165) is 12.2 Å². The summed E-state index contributed by atoms with van der Waals surface area (Å²) in [5, 5.41) is 0. The van der Waals surface area contributed by atoms with Crippen LogP contribution in [0.3, 0.4) is 0 Å². The number of rotatable bonds is 1. The van der Waals surface area contributed by atoms with Crippen LogP contribution in [0, 0.1) is 5.92 Å². The molecule has 68 valence electrons. The average Bonchev–Trinajstić information content (AvgIpc) is 1.88. The Morgan fingerprint density at radius 1 is 1.27 bits per heavy atom. The van der Waals surface area contributed by atoms with Crippen LogP contribution in [0.15, 0.2) is 0 Å². The SMILES string of the molecule is CC(C)C.CCC=O.NC=O. The predicted molar refractivity (Wildman–Crippen MR) is 47.1 cm³/mol. The highest BCUT2D eigenvalue weighted by Gasteiger charge is 1.68. The maximum absolute atomic E-state index is 9.17. The first-order valence-electron chi connectivity index (χ1n) is 3.65. The number of primary amides is 1. The Bertz CT molecular complexity index is 69.7. The van der Waals surface area contributed by atoms with Gasteiger partial charge in [-0.15, -0.1) is 0 Å². The first-order valence-corrected chi connectivity index (χ1v) is 3.65. The molecule has 3 nitrogen and oxygen atoms in total. The fraction of sp³-hybridized carbons (Fsp3) is 0.750. The van der Waals surface area contributed by atoms with Crippen LogP contribution < -0.4 is 5.73 Å². The van der Waals surface area contributed by atoms with Crippen LogP contribution in [-0.2, 0) is 9.59 Å². The smallest absolute Gasteiger partial charge is 0.204 e. The number of carbonyl (C=O) groups is 2. The first kappa shape index (κ1) is 16.6. The Kier molecular flexibility index (Phi) is 34.6. The molecule has 0 aliphatic carbocycles. The fourth-order valence-corrected chi connectivity index (χ4v) is 0. The van der Waals surface area contributed by atoms with Gasteiger partial charge >= 0.3 is 0 Å². The lowest BCUT2D eigenvalue weighted by Crippen LogP contribution is -1.82. The van der Waals surface area contributed by atoms with E-state index < -0.39 is 0 Å². The molecule has 0 aliphatic rings. The molecule has 0 bridgehead atoms. The summed E-state index contributed by atoms with van der Waals surface area (Å²) in [7, 11) is 0. The lowest BCUT2D eigenvalue weighted by atomic mass is 10.3. The summed E-state index contributed by atoms with van der Waals surface area (Å²) >= 11 is 0. The van der Waals surface area contributed by atoms with Gasteiger partial charge in [-0.2, -0.15) is 0 Å². The molecule has 0 aromatic rings. The van der Waals surface area contributed by atoms with Crippen molar-refractivity contribution in [2.45, 2.75) is 34.1 Å². The largest absolute Gasteiger partial charge is 0.372 e. The molecule has 0 saturated carbocycles. The molecule has 0 heterocycles. The number of aldehydes is 1. The van der Waals surface area contributed by atoms with Crippen LogP contribution in [0.1, 0.15) is 34.1 Å². The zero-order valence-corrected chi connectivity index (χ0v) is 7.83. The Balaban J connectivity index is -0.0000000886. The number of nitrogens with two attached hydrogens (primary N) is 1. The Morgan fingerprint density at radius 3 is 1.36 bits per heavy atom. The number of hydrogen-bond donors (Lipinski definition) is 1. The van der Waals surface area contributed by atoms with Crippen molar-refractivity contribution in [2.24, 2.45) is 11.7 Å². The minimum Gasteiger partial charge on any atom is -0.372 e. The van der Waals surface area contributed by atoms with Crippen molar-refractivity contribution < 1.29 is 9.59 Å². The molecule has 0 aromatic heterocycles. The number of amides is 1. The molecule has 0 atom stereocenters. The van der Waals surface area contributed by atoms with Gasteiger partial charge in [0, 0.05) is 6.42 Å². The maximum atomic E-state index is 9.17. The molecule has 0 unspecified atom stereocenters. The zero-order chi connectivity index (χ0) is 9.70. The molecule has 11 heavy (non-hydrogen) atoms. The van der Waals surface area contributed by atoms with Crippen LogP contribution >= 0.6 is 0 Å². The van der Waals surface area contributed by atoms with Gasteiger partial charge in [-0.3, -0.25) is 4.79 Å². The van der Waals surface area contributed by atoms with E-state index in [0.29, 0.717) is 6.42 Å². The van der Waals surface area contributed by atoms with Gasteiger partial charge < -0.3 is 10.5 Å². The second kappa shape index (κ2) is 22.9. The average molecular weight is 161 g/mol. The summed E-state index contributed by atoms with van der Waals surface area (Å²) in [6.07, 6.45) is 1.76. The highest BCUT2D eigenvalue weighted by molar-refractivity contribution is 5.48. The van der Waals surface area contributed by atoms with Crippen molar-refractivity contribution in [3.8, 4) is 0 Å². The van der Waals surface area contributed by atoms with E-state index in [-0.39, 0.29) is 6.41 Å². The van der Waals surface area contributed by atoms with Crippen molar-refractivity contribution in [1.29, 1.82) is 0 Å². The van der Waals surface area contributed by atoms with Gasteiger partial charge in [0.1, 0.15) is 6.29 Å². The highest BCUT2D eigenvalue weighted by Crippen LogP contribution is 1.81. The number of hydrogen-bond acceptors (Lipinski definition) is 2. The molecule has 0 rings (SSSR count). The third-order valence-corrected chi connectivity index (χ3v) is 0.167. The van der Waals surface area contributed by atoms with Gasteiger partial charge in [0.25, 0.3) is 0 Å². The van der Waals surface area contributed by atoms with Crippen LogP contribution in [-0.4, -0.2) is 12.7 Å². The van der Waals surface area contributed by atoms with E-state index in [1.807, 2.05) is 6.92 Å². The maximum Gasteiger partial charge on any atom is 0.204 e. The third kappa shape index (κ3) is 23800. The first-order chi connectivity index (χ1) is 5.06. The van der Waals surface area contributed by atoms with E-state index in [1.165, 1.54) is 0 Å². The van der Waals surface area contributed by atoms with Gasteiger partial charge in [-0.05, 0) is 5.92 Å². The van der Waals surface area contributed by atoms with Crippen molar-refractivity contribution in [3.05, 3.63) is 0 Å². The Hall–Kier alpha value is -0.860. The van der Waals surface area contributed by atoms with E-state index in [4.69, 9.17) is 4.79 Å². The second-order valence-electron chi connectivity index (χ2n) is 2.44. The molecular formula is C8H19NO2. The van der Waals surface area contributed by atoms with Crippen LogP contribution in [0.5, 0.6) is 0 Å². The normalized spacial score (nSPS) is 6.64. The van der Waals surface area contributed by atoms with Gasteiger partial charge in [0.15, 0.2) is 0 Å². The standard InChI is InChI=1S/C4H10.C3H6O.CH3NO/c1-4(2)3;1-2-3-4;2-1-3/h4H,1-3H3;3H,2H2,1H3;1H,(H2,2,3). The minimum absolute atomic E-state index is 0.250. The molecule has 0 spiro atoms. The zero-order valence-electron chi connectivity index (χ0n) is 7.83. The second-order valence-corrected chi connectivity index (χ2v) is 2.44. The molecule has 0 saturated heterocycles. The molecule has 1 amide bonds. The van der Waals surface area contributed by atoms with E-state index in [9.17, 15) is 4.79 Å². The Labute approximate surface area is 69.0 Å². The quantitative estimate of drug-likeness (QED) is 0.590. The molecule has 0 aliphatic heterocycles. The summed E-state index contributed by atoms with van der Waals surface area (Å²) in [5.41, 5.74) is 4.17. The molecule has 3 heteroatoms. The monoisotopic (exact) mass is 161 g/mol. The summed E-state index contributed by atoms with van der Waals surface area (Å²) in [4.78, 5) is 17.8. The van der Waals surface area contributed by atoms with E-state index in [2.05, 4.69) is 26.5 Å². The summed E-state index contributed by atoms with van der Waals surface area (Å²) < 4.78 is 0. The van der Waals surface area contributed by atoms with Crippen LogP contribution in [0.25, 0.3) is 0 Å². The summed E-state index contributed by atoms with van der Waals surface area (Å²) in [6.45, 7) is 8.31. The van der Waals surface area contributed by atoms with Gasteiger partial charge in [-0.25, -0.2) is 0 Å². The van der Waals surface area contributed by atoms with Gasteiger partial charge in [0.05, 0.1) is 0 Å². The fourth-order valence-electron chi connectivity index (χ4n) is 0. The van der Waals surface area contributed by atoms with E-state index in [1.54, 1.807) is 0 Å². The minimum atomic E-state index is 0.250. The molecule has 0 fully saturated rings. The van der Waals surface area contributed by atoms with Gasteiger partial charge in [0.2, 0.25) is 6.41 Å². The third-order valence-electron chi connectivity index (χ3n) is 0.167. The lowest BCUT2D eigenvalue weighted by molar-refractivity contribution is -0.108. The summed E-state index contributed by atoms with van der Waals surface area (Å²) in [5.74, 6) is 0.833. The molecular weight excluding hydrogens is 142 g/mol. The molecule has 2 N–H and O–H groups in total. The van der Waals surface area contributed by atoms with Crippen molar-refractivity contribution >= 4 is 12.7 Å². The van der Waals surface area contributed by atoms with E-state index >= 15 is 0 Å². The molecule has 0 radical (unpaired) electrons. The van der Waals surface area contributed by atoms with Gasteiger partial charge in [-0.1, -0.05) is 27.7 Å². The van der Waals surface area contributed by atoms with Crippen LogP contribution in [0.4, 0.5) is 0 Å². The topological polar surface area (TPSA) is 60.2 Å². The summed E-state index contributed by atoms with van der Waals surface area (Å²) in [6, 6.07) is 0. The predicted octanol–water partition coefficient (Wildman–Crippen LogP) is 1.36. The van der Waals surface area contributed by atoms with Crippen molar-refractivity contribution in [2.75, 3.05) is 0 Å². The lowest BCUT2D eigenvalue weighted by Gasteiger charge is -1.79. The van der Waals surface area contributed by atoms with Crippen molar-refractivity contribution in [1.82, 2.24) is 0 Å². The highest BCUT2D eigenvalue weighted by atomic mass is 16.1. The van der Waals surface area contributed by atoms with Crippen molar-refractivity contribution in [3.63, 3.8) is 0 Å². The Morgan fingerprint density at radius 2 is 1.36 bits per heavy atom. The number of carbonyl (C=O) groups excluding carboxylic acids is 2. The molecule has 0 aromatic carbocycles. The van der Waals surface area contributed by atoms with Crippen LogP contribution in [0.2, 0.25) is 0 Å².